The van der Waals surface area contributed by atoms with Gasteiger partial charge in [0.15, 0.2) is 0 Å². The molecule has 1 heterocycles. The van der Waals surface area contributed by atoms with Crippen LogP contribution < -0.4 is 5.56 Å². The largest absolute Gasteiger partial charge is 0.306 e. The number of aryl methyl sites for hydroxylation is 1. The molecular formula is C12H11BrN2OS. The second kappa shape index (κ2) is 5.06. The maximum atomic E-state index is 11.6. The Morgan fingerprint density at radius 3 is 2.47 bits per heavy atom. The number of benzene rings is 1. The van der Waals surface area contributed by atoms with E-state index in [1.54, 1.807) is 18.7 Å². The molecule has 0 saturated heterocycles. The van der Waals surface area contributed by atoms with Gasteiger partial charge in [0.1, 0.15) is 10.3 Å². The summed E-state index contributed by atoms with van der Waals surface area (Å²) in [7, 11) is 0. The van der Waals surface area contributed by atoms with E-state index in [0.717, 1.165) is 5.56 Å². The SMILES string of the molecule is CSc1ccc(-c2nc(C)c(Br)c(=O)[nH]2)cc1. The summed E-state index contributed by atoms with van der Waals surface area (Å²) in [6, 6.07) is 7.93. The summed E-state index contributed by atoms with van der Waals surface area (Å²) in [5.41, 5.74) is 1.45. The first kappa shape index (κ1) is 12.4. The zero-order valence-corrected chi connectivity index (χ0v) is 11.9. The lowest BCUT2D eigenvalue weighted by Crippen LogP contribution is -2.11. The van der Waals surface area contributed by atoms with Gasteiger partial charge < -0.3 is 4.98 Å². The van der Waals surface area contributed by atoms with Crippen molar-refractivity contribution in [3.05, 3.63) is 44.8 Å². The molecular weight excluding hydrogens is 300 g/mol. The molecule has 0 atom stereocenters. The third kappa shape index (κ3) is 2.61. The number of hydrogen-bond donors (Lipinski definition) is 1. The molecule has 0 aliphatic carbocycles. The van der Waals surface area contributed by atoms with Crippen molar-refractivity contribution in [3.63, 3.8) is 0 Å². The van der Waals surface area contributed by atoms with Crippen molar-refractivity contribution >= 4 is 27.7 Å². The Kier molecular flexibility index (Phi) is 3.69. The van der Waals surface area contributed by atoms with Gasteiger partial charge >= 0.3 is 0 Å². The summed E-state index contributed by atoms with van der Waals surface area (Å²) in [4.78, 5) is 19.9. The molecule has 0 fully saturated rings. The molecule has 3 nitrogen and oxygen atoms in total. The number of H-pyrrole nitrogens is 1. The van der Waals surface area contributed by atoms with Crippen molar-refractivity contribution in [2.24, 2.45) is 0 Å². The van der Waals surface area contributed by atoms with Gasteiger partial charge in [-0.25, -0.2) is 4.98 Å². The number of halogens is 1. The van der Waals surface area contributed by atoms with Gasteiger partial charge in [-0.15, -0.1) is 11.8 Å². The molecule has 2 aromatic rings. The first-order valence-electron chi connectivity index (χ1n) is 5.02. The van der Waals surface area contributed by atoms with E-state index in [9.17, 15) is 4.79 Å². The molecule has 2 rings (SSSR count). The van der Waals surface area contributed by atoms with E-state index >= 15 is 0 Å². The van der Waals surface area contributed by atoms with Crippen LogP contribution in [0.2, 0.25) is 0 Å². The highest BCUT2D eigenvalue weighted by atomic mass is 79.9. The lowest BCUT2D eigenvalue weighted by molar-refractivity contribution is 1.05. The number of aromatic amines is 1. The normalized spacial score (nSPS) is 10.5. The fourth-order valence-corrected chi connectivity index (χ4v) is 2.05. The third-order valence-electron chi connectivity index (χ3n) is 2.39. The van der Waals surface area contributed by atoms with Crippen LogP contribution in [0.1, 0.15) is 5.69 Å². The molecule has 0 amide bonds. The highest BCUT2D eigenvalue weighted by Crippen LogP contribution is 2.20. The van der Waals surface area contributed by atoms with Crippen molar-refractivity contribution in [2.75, 3.05) is 6.26 Å². The summed E-state index contributed by atoms with van der Waals surface area (Å²) in [6.07, 6.45) is 2.03. The van der Waals surface area contributed by atoms with E-state index < -0.39 is 0 Å². The second-order valence-corrected chi connectivity index (χ2v) is 5.22. The van der Waals surface area contributed by atoms with Crippen LogP contribution in [0.3, 0.4) is 0 Å². The van der Waals surface area contributed by atoms with Crippen molar-refractivity contribution in [1.82, 2.24) is 9.97 Å². The van der Waals surface area contributed by atoms with Crippen molar-refractivity contribution in [3.8, 4) is 11.4 Å². The first-order chi connectivity index (χ1) is 8.11. The van der Waals surface area contributed by atoms with Crippen LogP contribution in [0.25, 0.3) is 11.4 Å². The molecule has 0 aliphatic rings. The molecule has 88 valence electrons. The van der Waals surface area contributed by atoms with Crippen LogP contribution in [0.15, 0.2) is 38.4 Å². The van der Waals surface area contributed by atoms with Crippen LogP contribution in [0.4, 0.5) is 0 Å². The van der Waals surface area contributed by atoms with Gasteiger partial charge in [0, 0.05) is 10.5 Å². The Balaban J connectivity index is 2.49. The average molecular weight is 311 g/mol. The standard InChI is InChI=1S/C12H11BrN2OS/c1-7-10(13)12(16)15-11(14-7)8-3-5-9(17-2)6-4-8/h3-6H,1-2H3,(H,14,15,16). The van der Waals surface area contributed by atoms with E-state index in [0.29, 0.717) is 16.0 Å². The van der Waals surface area contributed by atoms with Gasteiger partial charge in [0.05, 0.1) is 5.69 Å². The van der Waals surface area contributed by atoms with Gasteiger partial charge in [0.25, 0.3) is 5.56 Å². The van der Waals surface area contributed by atoms with E-state index in [1.165, 1.54) is 4.90 Å². The Morgan fingerprint density at radius 1 is 1.29 bits per heavy atom. The highest BCUT2D eigenvalue weighted by Gasteiger charge is 2.06. The maximum absolute atomic E-state index is 11.6. The second-order valence-electron chi connectivity index (χ2n) is 3.54. The lowest BCUT2D eigenvalue weighted by Gasteiger charge is -2.04. The Hall–Kier alpha value is -1.07. The topological polar surface area (TPSA) is 45.8 Å². The number of hydrogen-bond acceptors (Lipinski definition) is 3. The van der Waals surface area contributed by atoms with Gasteiger partial charge in [-0.2, -0.15) is 0 Å². The minimum absolute atomic E-state index is 0.151. The van der Waals surface area contributed by atoms with Gasteiger partial charge in [-0.3, -0.25) is 4.79 Å². The van der Waals surface area contributed by atoms with Crippen LogP contribution >= 0.6 is 27.7 Å². The van der Waals surface area contributed by atoms with E-state index in [4.69, 9.17) is 0 Å². The Labute approximate surface area is 112 Å². The molecule has 0 radical (unpaired) electrons. The number of nitrogens with one attached hydrogen (secondary N) is 1. The molecule has 0 aliphatic heterocycles. The first-order valence-corrected chi connectivity index (χ1v) is 7.04. The number of nitrogens with zero attached hydrogens (tertiary/aromatic N) is 1. The minimum Gasteiger partial charge on any atom is -0.306 e. The summed E-state index contributed by atoms with van der Waals surface area (Å²) in [6.45, 7) is 1.80. The van der Waals surface area contributed by atoms with E-state index in [1.807, 2.05) is 30.5 Å². The quantitative estimate of drug-likeness (QED) is 0.866. The number of aromatic nitrogens is 2. The summed E-state index contributed by atoms with van der Waals surface area (Å²) < 4.78 is 0.488. The monoisotopic (exact) mass is 310 g/mol. The Bertz CT molecular complexity index is 592. The fraction of sp³-hybridized carbons (Fsp3) is 0.167. The third-order valence-corrected chi connectivity index (χ3v) is 4.07. The van der Waals surface area contributed by atoms with Crippen LogP contribution in [0, 0.1) is 6.92 Å². The molecule has 5 heteroatoms. The van der Waals surface area contributed by atoms with Crippen LogP contribution in [-0.2, 0) is 0 Å². The van der Waals surface area contributed by atoms with E-state index in [2.05, 4.69) is 25.9 Å². The summed E-state index contributed by atoms with van der Waals surface area (Å²) >= 11 is 4.88. The molecule has 0 spiro atoms. The smallest absolute Gasteiger partial charge is 0.265 e. The van der Waals surface area contributed by atoms with Crippen molar-refractivity contribution in [2.45, 2.75) is 11.8 Å². The fourth-order valence-electron chi connectivity index (χ4n) is 1.46. The summed E-state index contributed by atoms with van der Waals surface area (Å²) in [5, 5.41) is 0. The molecule has 17 heavy (non-hydrogen) atoms. The molecule has 1 N–H and O–H groups in total. The van der Waals surface area contributed by atoms with Gasteiger partial charge in [-0.05, 0) is 41.2 Å². The molecule has 0 saturated carbocycles. The lowest BCUT2D eigenvalue weighted by atomic mass is 10.2. The van der Waals surface area contributed by atoms with Crippen LogP contribution in [-0.4, -0.2) is 16.2 Å². The zero-order chi connectivity index (χ0) is 12.4. The predicted octanol–water partition coefficient (Wildman–Crippen LogP) is 3.23. The average Bonchev–Trinajstić information content (AvgIpc) is 2.35. The Morgan fingerprint density at radius 2 is 1.94 bits per heavy atom. The van der Waals surface area contributed by atoms with Crippen molar-refractivity contribution in [1.29, 1.82) is 0 Å². The van der Waals surface area contributed by atoms with Crippen LogP contribution in [0.5, 0.6) is 0 Å². The van der Waals surface area contributed by atoms with E-state index in [-0.39, 0.29) is 5.56 Å². The van der Waals surface area contributed by atoms with Crippen molar-refractivity contribution < 1.29 is 0 Å². The maximum Gasteiger partial charge on any atom is 0.265 e. The molecule has 1 aromatic carbocycles. The zero-order valence-electron chi connectivity index (χ0n) is 9.45. The predicted molar refractivity (Wildman–Crippen MR) is 74.5 cm³/mol. The number of rotatable bonds is 2. The van der Waals surface area contributed by atoms with Gasteiger partial charge in [0.2, 0.25) is 0 Å². The molecule has 0 unspecified atom stereocenters. The minimum atomic E-state index is -0.151. The highest BCUT2D eigenvalue weighted by molar-refractivity contribution is 9.10. The number of thioether (sulfide) groups is 1. The van der Waals surface area contributed by atoms with Gasteiger partial charge in [-0.1, -0.05) is 12.1 Å². The molecule has 0 bridgehead atoms. The summed E-state index contributed by atoms with van der Waals surface area (Å²) in [5.74, 6) is 0.600. The molecule has 1 aromatic heterocycles.